The zero-order chi connectivity index (χ0) is 10.8. The standard InChI is InChI=1S/C12H17ClN2/c1-9(14-12-7-15(2)8-12)10-3-5-11(13)6-4-10/h3-6,9,12,14H,7-8H2,1-2H3. The van der Waals surface area contributed by atoms with E-state index in [4.69, 9.17) is 11.6 Å². The molecule has 1 atom stereocenters. The third-order valence-corrected chi connectivity index (χ3v) is 3.17. The van der Waals surface area contributed by atoms with E-state index in [1.807, 2.05) is 12.1 Å². The highest BCUT2D eigenvalue weighted by atomic mass is 35.5. The van der Waals surface area contributed by atoms with Gasteiger partial charge in [-0.3, -0.25) is 0 Å². The normalized spacial score (nSPS) is 19.9. The van der Waals surface area contributed by atoms with Crippen LogP contribution in [0.5, 0.6) is 0 Å². The van der Waals surface area contributed by atoms with Crippen LogP contribution in [-0.2, 0) is 0 Å². The quantitative estimate of drug-likeness (QED) is 0.848. The number of likely N-dealkylation sites (tertiary alicyclic amines) is 1. The maximum absolute atomic E-state index is 5.85. The Bertz CT molecular complexity index is 317. The lowest BCUT2D eigenvalue weighted by atomic mass is 10.0. The molecule has 0 aliphatic carbocycles. The van der Waals surface area contributed by atoms with Crippen LogP contribution in [0.1, 0.15) is 18.5 Å². The first-order chi connectivity index (χ1) is 7.15. The molecule has 15 heavy (non-hydrogen) atoms. The maximum Gasteiger partial charge on any atom is 0.0406 e. The van der Waals surface area contributed by atoms with Gasteiger partial charge in [-0.05, 0) is 31.7 Å². The Balaban J connectivity index is 1.90. The SMILES string of the molecule is CC(NC1CN(C)C1)c1ccc(Cl)cc1. The molecule has 1 aliphatic rings. The molecule has 1 aliphatic heterocycles. The molecule has 1 N–H and O–H groups in total. The van der Waals surface area contributed by atoms with E-state index in [-0.39, 0.29) is 0 Å². The third kappa shape index (κ3) is 2.71. The van der Waals surface area contributed by atoms with E-state index >= 15 is 0 Å². The van der Waals surface area contributed by atoms with Crippen molar-refractivity contribution in [3.8, 4) is 0 Å². The van der Waals surface area contributed by atoms with Crippen molar-refractivity contribution in [1.82, 2.24) is 10.2 Å². The average molecular weight is 225 g/mol. The Labute approximate surface area is 96.2 Å². The smallest absolute Gasteiger partial charge is 0.0406 e. The highest BCUT2D eigenvalue weighted by Gasteiger charge is 2.24. The molecule has 1 saturated heterocycles. The molecular weight excluding hydrogens is 208 g/mol. The highest BCUT2D eigenvalue weighted by Crippen LogP contribution is 2.18. The predicted octanol–water partition coefficient (Wildman–Crippen LogP) is 2.30. The Hall–Kier alpha value is -0.570. The second-order valence-electron chi connectivity index (χ2n) is 4.36. The van der Waals surface area contributed by atoms with Crippen LogP contribution in [0.3, 0.4) is 0 Å². The molecule has 1 heterocycles. The molecule has 0 spiro atoms. The van der Waals surface area contributed by atoms with Gasteiger partial charge in [-0.15, -0.1) is 0 Å². The van der Waals surface area contributed by atoms with Crippen molar-refractivity contribution in [2.24, 2.45) is 0 Å². The van der Waals surface area contributed by atoms with Crippen LogP contribution in [0.15, 0.2) is 24.3 Å². The number of nitrogens with one attached hydrogen (secondary N) is 1. The summed E-state index contributed by atoms with van der Waals surface area (Å²) in [5.41, 5.74) is 1.30. The summed E-state index contributed by atoms with van der Waals surface area (Å²) >= 11 is 5.85. The van der Waals surface area contributed by atoms with E-state index in [1.165, 1.54) is 5.56 Å². The van der Waals surface area contributed by atoms with Crippen molar-refractivity contribution in [2.45, 2.75) is 19.0 Å². The molecule has 0 bridgehead atoms. The molecule has 2 rings (SSSR count). The van der Waals surface area contributed by atoms with Crippen LogP contribution >= 0.6 is 11.6 Å². The summed E-state index contributed by atoms with van der Waals surface area (Å²) in [6.45, 7) is 4.50. The number of halogens is 1. The van der Waals surface area contributed by atoms with Crippen LogP contribution in [0.4, 0.5) is 0 Å². The maximum atomic E-state index is 5.85. The summed E-state index contributed by atoms with van der Waals surface area (Å²) in [5, 5.41) is 4.40. The number of nitrogens with zero attached hydrogens (tertiary/aromatic N) is 1. The summed E-state index contributed by atoms with van der Waals surface area (Å²) in [6, 6.07) is 9.11. The summed E-state index contributed by atoms with van der Waals surface area (Å²) < 4.78 is 0. The van der Waals surface area contributed by atoms with Crippen molar-refractivity contribution in [2.75, 3.05) is 20.1 Å². The first kappa shape index (κ1) is 10.9. The molecule has 82 valence electrons. The lowest BCUT2D eigenvalue weighted by Crippen LogP contribution is -2.56. The number of hydrogen-bond acceptors (Lipinski definition) is 2. The molecule has 1 aromatic rings. The van der Waals surface area contributed by atoms with Crippen LogP contribution in [-0.4, -0.2) is 31.1 Å². The largest absolute Gasteiger partial charge is 0.305 e. The molecule has 0 radical (unpaired) electrons. The second-order valence-corrected chi connectivity index (χ2v) is 4.79. The van der Waals surface area contributed by atoms with Gasteiger partial charge in [0.1, 0.15) is 0 Å². The van der Waals surface area contributed by atoms with Crippen molar-refractivity contribution in [3.63, 3.8) is 0 Å². The number of likely N-dealkylation sites (N-methyl/N-ethyl adjacent to an activating group) is 1. The number of rotatable bonds is 3. The first-order valence-electron chi connectivity index (χ1n) is 5.35. The van der Waals surface area contributed by atoms with E-state index in [9.17, 15) is 0 Å². The van der Waals surface area contributed by atoms with Gasteiger partial charge in [0.25, 0.3) is 0 Å². The highest BCUT2D eigenvalue weighted by molar-refractivity contribution is 6.30. The molecule has 1 aromatic carbocycles. The molecule has 0 saturated carbocycles. The van der Waals surface area contributed by atoms with Gasteiger partial charge in [-0.1, -0.05) is 23.7 Å². The van der Waals surface area contributed by atoms with Gasteiger partial charge < -0.3 is 10.2 Å². The van der Waals surface area contributed by atoms with Crippen LogP contribution in [0, 0.1) is 0 Å². The lowest BCUT2D eigenvalue weighted by molar-refractivity contribution is 0.153. The third-order valence-electron chi connectivity index (χ3n) is 2.92. The molecule has 1 fully saturated rings. The summed E-state index contributed by atoms with van der Waals surface area (Å²) in [6.07, 6.45) is 0. The number of benzene rings is 1. The van der Waals surface area contributed by atoms with E-state index in [1.54, 1.807) is 0 Å². The van der Waals surface area contributed by atoms with Crippen LogP contribution < -0.4 is 5.32 Å². The predicted molar refractivity (Wildman–Crippen MR) is 64.3 cm³/mol. The van der Waals surface area contributed by atoms with Gasteiger partial charge in [0.05, 0.1) is 0 Å². The van der Waals surface area contributed by atoms with Crippen molar-refractivity contribution in [1.29, 1.82) is 0 Å². The molecule has 2 nitrogen and oxygen atoms in total. The molecule has 3 heteroatoms. The van der Waals surface area contributed by atoms with E-state index in [2.05, 4.69) is 36.3 Å². The molecule has 1 unspecified atom stereocenters. The molecule has 0 amide bonds. The monoisotopic (exact) mass is 224 g/mol. The lowest BCUT2D eigenvalue weighted by Gasteiger charge is -2.38. The summed E-state index contributed by atoms with van der Waals surface area (Å²) in [7, 11) is 2.14. The van der Waals surface area contributed by atoms with Crippen LogP contribution in [0.2, 0.25) is 5.02 Å². The van der Waals surface area contributed by atoms with Gasteiger partial charge in [0.15, 0.2) is 0 Å². The van der Waals surface area contributed by atoms with Crippen LogP contribution in [0.25, 0.3) is 0 Å². The summed E-state index contributed by atoms with van der Waals surface area (Å²) in [5.74, 6) is 0. The zero-order valence-electron chi connectivity index (χ0n) is 9.20. The van der Waals surface area contributed by atoms with Crippen molar-refractivity contribution in [3.05, 3.63) is 34.9 Å². The van der Waals surface area contributed by atoms with Crippen molar-refractivity contribution < 1.29 is 0 Å². The van der Waals surface area contributed by atoms with E-state index in [0.29, 0.717) is 12.1 Å². The number of hydrogen-bond donors (Lipinski definition) is 1. The fraction of sp³-hybridized carbons (Fsp3) is 0.500. The minimum absolute atomic E-state index is 0.404. The average Bonchev–Trinajstić information content (AvgIpc) is 2.16. The summed E-state index contributed by atoms with van der Waals surface area (Å²) in [4.78, 5) is 2.31. The van der Waals surface area contributed by atoms with Gasteiger partial charge >= 0.3 is 0 Å². The molecule has 0 aromatic heterocycles. The minimum atomic E-state index is 0.404. The minimum Gasteiger partial charge on any atom is -0.305 e. The fourth-order valence-corrected chi connectivity index (χ4v) is 2.13. The van der Waals surface area contributed by atoms with Gasteiger partial charge in [0.2, 0.25) is 0 Å². The Morgan fingerprint density at radius 2 is 1.93 bits per heavy atom. The fourth-order valence-electron chi connectivity index (χ4n) is 2.01. The van der Waals surface area contributed by atoms with Gasteiger partial charge in [-0.25, -0.2) is 0 Å². The Kier molecular flexibility index (Phi) is 3.29. The topological polar surface area (TPSA) is 15.3 Å². The van der Waals surface area contributed by atoms with Gasteiger partial charge in [0, 0.05) is 30.2 Å². The van der Waals surface area contributed by atoms with Crippen molar-refractivity contribution >= 4 is 11.6 Å². The zero-order valence-corrected chi connectivity index (χ0v) is 9.96. The Morgan fingerprint density at radius 3 is 2.47 bits per heavy atom. The van der Waals surface area contributed by atoms with E-state index < -0.39 is 0 Å². The second kappa shape index (κ2) is 4.52. The molecular formula is C12H17ClN2. The Morgan fingerprint density at radius 1 is 1.33 bits per heavy atom. The van der Waals surface area contributed by atoms with E-state index in [0.717, 1.165) is 18.1 Å². The first-order valence-corrected chi connectivity index (χ1v) is 5.73. The van der Waals surface area contributed by atoms with Gasteiger partial charge in [-0.2, -0.15) is 0 Å².